The normalized spacial score (nSPS) is 13.3. The van der Waals surface area contributed by atoms with E-state index in [0.29, 0.717) is 5.56 Å². The summed E-state index contributed by atoms with van der Waals surface area (Å²) in [4.78, 5) is 4.85. The van der Waals surface area contributed by atoms with Crippen LogP contribution in [0.2, 0.25) is 0 Å². The monoisotopic (exact) mass is 581 g/mol. The molecule has 0 saturated heterocycles. The second-order valence-corrected chi connectivity index (χ2v) is 13.3. The first-order valence-electron chi connectivity index (χ1n) is 15.9. The molecule has 0 spiro atoms. The fraction of sp³-hybridized carbons (Fsp3) is 0.167. The van der Waals surface area contributed by atoms with Crippen LogP contribution < -0.4 is 9.80 Å². The molecular formula is C42H35N3. The number of fused-ring (bicyclic) bond motifs is 1. The molecule has 1 aliphatic heterocycles. The summed E-state index contributed by atoms with van der Waals surface area (Å²) in [6.45, 7) is 7.76. The van der Waals surface area contributed by atoms with Crippen LogP contribution in [0.3, 0.4) is 0 Å². The highest BCUT2D eigenvalue weighted by atomic mass is 15.1. The highest BCUT2D eigenvalue weighted by Crippen LogP contribution is 2.47. The van der Waals surface area contributed by atoms with Crippen LogP contribution in [0.4, 0.5) is 28.4 Å². The van der Waals surface area contributed by atoms with Crippen molar-refractivity contribution in [3.05, 3.63) is 138 Å². The number of nitriles is 1. The molecule has 0 radical (unpaired) electrons. The molecule has 0 amide bonds. The number of hydrogen-bond acceptors (Lipinski definition) is 3. The minimum atomic E-state index is 0.0668. The third-order valence-electron chi connectivity index (χ3n) is 9.51. The van der Waals surface area contributed by atoms with Crippen molar-refractivity contribution in [2.75, 3.05) is 16.3 Å². The predicted octanol–water partition coefficient (Wildman–Crippen LogP) is 11.3. The number of anilines is 5. The number of para-hydroxylation sites is 1. The molecule has 0 fully saturated rings. The van der Waals surface area contributed by atoms with Crippen molar-refractivity contribution in [1.82, 2.24) is 0 Å². The summed E-state index contributed by atoms with van der Waals surface area (Å²) in [6, 6.07) is 46.3. The van der Waals surface area contributed by atoms with Crippen molar-refractivity contribution in [1.29, 1.82) is 5.26 Å². The van der Waals surface area contributed by atoms with Crippen LogP contribution in [-0.4, -0.2) is 6.54 Å². The van der Waals surface area contributed by atoms with Gasteiger partial charge in [0, 0.05) is 40.1 Å². The van der Waals surface area contributed by atoms with Gasteiger partial charge in [-0.15, -0.1) is 0 Å². The van der Waals surface area contributed by atoms with E-state index in [1.165, 1.54) is 54.8 Å². The Kier molecular flexibility index (Phi) is 6.29. The van der Waals surface area contributed by atoms with E-state index in [4.69, 9.17) is 0 Å². The average Bonchev–Trinajstić information content (AvgIpc) is 3.07. The van der Waals surface area contributed by atoms with Gasteiger partial charge in [-0.3, -0.25) is 0 Å². The molecule has 0 N–H and O–H groups in total. The molecule has 0 unspecified atom stereocenters. The zero-order valence-corrected chi connectivity index (χ0v) is 26.0. The van der Waals surface area contributed by atoms with Crippen molar-refractivity contribution in [2.45, 2.75) is 39.0 Å². The number of rotatable bonds is 4. The zero-order chi connectivity index (χ0) is 30.7. The summed E-state index contributed by atoms with van der Waals surface area (Å²) in [5, 5.41) is 17.1. The van der Waals surface area contributed by atoms with Crippen LogP contribution in [0.1, 0.15) is 43.9 Å². The smallest absolute Gasteiger partial charge is 0.0991 e. The lowest BCUT2D eigenvalue weighted by Gasteiger charge is -2.33. The summed E-state index contributed by atoms with van der Waals surface area (Å²) in [5.41, 5.74) is 9.29. The van der Waals surface area contributed by atoms with Gasteiger partial charge >= 0.3 is 0 Å². The fourth-order valence-electron chi connectivity index (χ4n) is 7.21. The molecule has 0 bridgehead atoms. The van der Waals surface area contributed by atoms with E-state index in [0.717, 1.165) is 36.4 Å². The summed E-state index contributed by atoms with van der Waals surface area (Å²) >= 11 is 0. The summed E-state index contributed by atoms with van der Waals surface area (Å²) in [5.74, 6) is 0. The van der Waals surface area contributed by atoms with Crippen LogP contribution in [0.25, 0.3) is 32.3 Å². The molecule has 8 rings (SSSR count). The van der Waals surface area contributed by atoms with Crippen LogP contribution in [-0.2, 0) is 11.8 Å². The number of benzene rings is 7. The molecule has 3 nitrogen and oxygen atoms in total. The van der Waals surface area contributed by atoms with Gasteiger partial charge < -0.3 is 9.80 Å². The Hall–Kier alpha value is -5.33. The first-order valence-corrected chi connectivity index (χ1v) is 15.9. The van der Waals surface area contributed by atoms with E-state index >= 15 is 0 Å². The topological polar surface area (TPSA) is 30.3 Å². The molecule has 7 aromatic carbocycles. The van der Waals surface area contributed by atoms with Gasteiger partial charge in [0.1, 0.15) is 0 Å². The Balaban J connectivity index is 1.36. The van der Waals surface area contributed by atoms with E-state index in [1.807, 2.05) is 12.1 Å². The fourth-order valence-corrected chi connectivity index (χ4v) is 7.21. The molecule has 218 valence electrons. The van der Waals surface area contributed by atoms with E-state index < -0.39 is 0 Å². The van der Waals surface area contributed by atoms with Gasteiger partial charge in [0.25, 0.3) is 0 Å². The summed E-state index contributed by atoms with van der Waals surface area (Å²) in [7, 11) is 0. The Morgan fingerprint density at radius 3 is 1.98 bits per heavy atom. The van der Waals surface area contributed by atoms with Crippen molar-refractivity contribution in [2.24, 2.45) is 0 Å². The number of nitrogens with zero attached hydrogens (tertiary/aromatic N) is 3. The van der Waals surface area contributed by atoms with E-state index in [9.17, 15) is 5.26 Å². The lowest BCUT2D eigenvalue weighted by atomic mass is 9.87. The van der Waals surface area contributed by atoms with Gasteiger partial charge in [-0.05, 0) is 106 Å². The highest BCUT2D eigenvalue weighted by Gasteiger charge is 2.23. The van der Waals surface area contributed by atoms with E-state index in [2.05, 4.69) is 146 Å². The molecule has 1 heterocycles. The minimum Gasteiger partial charge on any atom is -0.341 e. The number of aryl methyl sites for hydroxylation is 1. The van der Waals surface area contributed by atoms with Crippen molar-refractivity contribution in [3.8, 4) is 6.07 Å². The maximum absolute atomic E-state index is 9.51. The molecule has 0 saturated carbocycles. The van der Waals surface area contributed by atoms with Crippen molar-refractivity contribution < 1.29 is 0 Å². The van der Waals surface area contributed by atoms with Crippen molar-refractivity contribution in [3.63, 3.8) is 0 Å². The second kappa shape index (κ2) is 10.4. The second-order valence-electron chi connectivity index (χ2n) is 13.3. The lowest BCUT2D eigenvalue weighted by Crippen LogP contribution is -2.24. The highest BCUT2D eigenvalue weighted by molar-refractivity contribution is 6.28. The molecule has 0 aliphatic carbocycles. The SMILES string of the molecule is CC(C)(C)c1ccc(N(c2ccc(C#N)cc2)c2ccc3ccc4c(N5CCCc6ccccc65)ccc5ccc2c3c54)cc1. The minimum absolute atomic E-state index is 0.0668. The van der Waals surface area contributed by atoms with Crippen LogP contribution in [0.5, 0.6) is 0 Å². The third-order valence-corrected chi connectivity index (χ3v) is 9.51. The first kappa shape index (κ1) is 27.2. The Morgan fingerprint density at radius 2 is 1.27 bits per heavy atom. The van der Waals surface area contributed by atoms with E-state index in [-0.39, 0.29) is 5.41 Å². The maximum Gasteiger partial charge on any atom is 0.0991 e. The van der Waals surface area contributed by atoms with Gasteiger partial charge in [0.15, 0.2) is 0 Å². The van der Waals surface area contributed by atoms with Gasteiger partial charge in [0.05, 0.1) is 17.3 Å². The van der Waals surface area contributed by atoms with Crippen LogP contribution in [0, 0.1) is 11.3 Å². The first-order chi connectivity index (χ1) is 21.9. The van der Waals surface area contributed by atoms with Gasteiger partial charge in [-0.2, -0.15) is 5.26 Å². The molecule has 0 aromatic heterocycles. The maximum atomic E-state index is 9.51. The molecule has 0 atom stereocenters. The summed E-state index contributed by atoms with van der Waals surface area (Å²) < 4.78 is 0. The molecule has 45 heavy (non-hydrogen) atoms. The van der Waals surface area contributed by atoms with E-state index in [1.54, 1.807) is 0 Å². The predicted molar refractivity (Wildman–Crippen MR) is 190 cm³/mol. The van der Waals surface area contributed by atoms with Crippen LogP contribution in [0.15, 0.2) is 121 Å². The largest absolute Gasteiger partial charge is 0.341 e. The molecule has 3 heteroatoms. The zero-order valence-electron chi connectivity index (χ0n) is 26.0. The van der Waals surface area contributed by atoms with Gasteiger partial charge in [-0.25, -0.2) is 0 Å². The average molecular weight is 582 g/mol. The van der Waals surface area contributed by atoms with Gasteiger partial charge in [-0.1, -0.05) is 87.5 Å². The van der Waals surface area contributed by atoms with Crippen LogP contribution >= 0.6 is 0 Å². The molecule has 1 aliphatic rings. The Morgan fingerprint density at radius 1 is 0.644 bits per heavy atom. The summed E-state index contributed by atoms with van der Waals surface area (Å²) in [6.07, 6.45) is 2.28. The van der Waals surface area contributed by atoms with Gasteiger partial charge in [0.2, 0.25) is 0 Å². The third kappa shape index (κ3) is 4.49. The van der Waals surface area contributed by atoms with Crippen molar-refractivity contribution >= 4 is 60.8 Å². The Labute approximate surface area is 264 Å². The number of hydrogen-bond donors (Lipinski definition) is 0. The quantitative estimate of drug-likeness (QED) is 0.194. The lowest BCUT2D eigenvalue weighted by molar-refractivity contribution is 0.590. The Bertz CT molecular complexity index is 2230. The molecule has 7 aromatic rings. The molecular weight excluding hydrogens is 546 g/mol. The standard InChI is InChI=1S/C42H35N3/c1-42(2,3)32-16-20-34(21-17-32)45(33-18-10-28(27-43)11-19-33)39-25-15-31-12-22-35-38(24-14-30-13-23-36(39)41(31)40(30)35)44-26-6-8-29-7-4-5-9-37(29)44/h4-5,7,9-25H,6,8,26H2,1-3H3.